The van der Waals surface area contributed by atoms with Gasteiger partial charge in [0.2, 0.25) is 0 Å². The Morgan fingerprint density at radius 3 is 2.77 bits per heavy atom. The number of fused-ring (bicyclic) bond motifs is 2. The molecule has 1 aliphatic carbocycles. The second kappa shape index (κ2) is 8.35. The number of benzene rings is 2. The third kappa shape index (κ3) is 3.92. The lowest BCUT2D eigenvalue weighted by Gasteiger charge is -2.15. The summed E-state index contributed by atoms with van der Waals surface area (Å²) >= 11 is 1.41. The van der Waals surface area contributed by atoms with Crippen molar-refractivity contribution in [3.8, 4) is 5.69 Å². The standard InChI is InChI=1S/C25H25N3O2S/c1-3-30-24(29)16(2)31-25-27-21-10-6-14-26-23(21)28(25)22-11-5-8-19-18(15-17-12-13-17)7-4-9-20(19)22/h4-11,14,16-17H,3,12-13,15H2,1-2H3. The number of carbonyl (C=O) groups excluding carboxylic acids is 1. The van der Waals surface area contributed by atoms with Crippen LogP contribution in [0.25, 0.3) is 27.6 Å². The van der Waals surface area contributed by atoms with Crippen LogP contribution in [0, 0.1) is 5.92 Å². The molecular weight excluding hydrogens is 406 g/mol. The summed E-state index contributed by atoms with van der Waals surface area (Å²) in [4.78, 5) is 21.7. The Morgan fingerprint density at radius 2 is 1.97 bits per heavy atom. The minimum atomic E-state index is -0.365. The van der Waals surface area contributed by atoms with Gasteiger partial charge in [0.25, 0.3) is 0 Å². The van der Waals surface area contributed by atoms with E-state index < -0.39 is 0 Å². The van der Waals surface area contributed by atoms with E-state index in [2.05, 4.69) is 45.9 Å². The normalized spacial score (nSPS) is 14.8. The topological polar surface area (TPSA) is 57.0 Å². The van der Waals surface area contributed by atoms with Gasteiger partial charge in [0.05, 0.1) is 12.3 Å². The summed E-state index contributed by atoms with van der Waals surface area (Å²) < 4.78 is 7.29. The van der Waals surface area contributed by atoms with Crippen molar-refractivity contribution in [2.75, 3.05) is 6.61 Å². The Kier molecular flexibility index (Phi) is 5.40. The number of hydrogen-bond acceptors (Lipinski definition) is 5. The lowest BCUT2D eigenvalue weighted by Crippen LogP contribution is -2.17. The van der Waals surface area contributed by atoms with Crippen LogP contribution in [-0.4, -0.2) is 32.4 Å². The molecule has 2 aromatic heterocycles. The van der Waals surface area contributed by atoms with Gasteiger partial charge in [-0.15, -0.1) is 0 Å². The molecule has 1 aliphatic rings. The predicted molar refractivity (Wildman–Crippen MR) is 125 cm³/mol. The molecule has 5 rings (SSSR count). The Labute approximate surface area is 185 Å². The molecular formula is C25H25N3O2S. The van der Waals surface area contributed by atoms with E-state index in [-0.39, 0.29) is 11.2 Å². The number of pyridine rings is 1. The highest BCUT2D eigenvalue weighted by Crippen LogP contribution is 2.37. The molecule has 0 amide bonds. The molecule has 0 aliphatic heterocycles. The highest BCUT2D eigenvalue weighted by atomic mass is 32.2. The van der Waals surface area contributed by atoms with Crippen LogP contribution in [0.15, 0.2) is 59.9 Å². The Hall–Kier alpha value is -2.86. The molecule has 0 spiro atoms. The van der Waals surface area contributed by atoms with Gasteiger partial charge in [0.15, 0.2) is 10.8 Å². The average Bonchev–Trinajstić information content (AvgIpc) is 3.52. The third-order valence-electron chi connectivity index (χ3n) is 5.72. The van der Waals surface area contributed by atoms with Crippen molar-refractivity contribution in [1.82, 2.24) is 14.5 Å². The second-order valence-electron chi connectivity index (χ2n) is 8.02. The van der Waals surface area contributed by atoms with E-state index in [0.29, 0.717) is 6.61 Å². The zero-order valence-corrected chi connectivity index (χ0v) is 18.6. The highest BCUT2D eigenvalue weighted by molar-refractivity contribution is 8.00. The summed E-state index contributed by atoms with van der Waals surface area (Å²) in [5.74, 6) is 0.588. The van der Waals surface area contributed by atoms with Crippen LogP contribution in [0.1, 0.15) is 32.3 Å². The van der Waals surface area contributed by atoms with Crippen LogP contribution in [0.4, 0.5) is 0 Å². The van der Waals surface area contributed by atoms with Crippen molar-refractivity contribution < 1.29 is 9.53 Å². The van der Waals surface area contributed by atoms with Crippen LogP contribution in [-0.2, 0) is 16.0 Å². The van der Waals surface area contributed by atoms with E-state index in [1.807, 2.05) is 26.0 Å². The summed E-state index contributed by atoms with van der Waals surface area (Å²) in [6, 6.07) is 16.8. The van der Waals surface area contributed by atoms with E-state index >= 15 is 0 Å². The molecule has 5 nitrogen and oxygen atoms in total. The third-order valence-corrected chi connectivity index (χ3v) is 6.75. The Balaban J connectivity index is 1.66. The number of carbonyl (C=O) groups is 1. The van der Waals surface area contributed by atoms with Crippen molar-refractivity contribution in [3.05, 3.63) is 60.3 Å². The highest BCUT2D eigenvalue weighted by Gasteiger charge is 2.24. The lowest BCUT2D eigenvalue weighted by atomic mass is 9.99. The first kappa shape index (κ1) is 20.1. The van der Waals surface area contributed by atoms with E-state index in [0.717, 1.165) is 34.3 Å². The van der Waals surface area contributed by atoms with Gasteiger partial charge in [0, 0.05) is 11.6 Å². The number of ether oxygens (including phenoxy) is 1. The minimum Gasteiger partial charge on any atom is -0.465 e. The number of aromatic nitrogens is 3. The SMILES string of the molecule is CCOC(=O)C(C)Sc1nc2cccnc2n1-c1cccc2c(CC3CC3)cccc12. The van der Waals surface area contributed by atoms with E-state index in [1.165, 1.54) is 40.9 Å². The summed E-state index contributed by atoms with van der Waals surface area (Å²) in [6.45, 7) is 4.05. The Morgan fingerprint density at radius 1 is 1.16 bits per heavy atom. The molecule has 1 unspecified atom stereocenters. The van der Waals surface area contributed by atoms with Gasteiger partial charge in [0.1, 0.15) is 10.8 Å². The van der Waals surface area contributed by atoms with Crippen LogP contribution in [0.5, 0.6) is 0 Å². The lowest BCUT2D eigenvalue weighted by molar-refractivity contribution is -0.142. The van der Waals surface area contributed by atoms with Gasteiger partial charge in [-0.05, 0) is 68.2 Å². The molecule has 0 saturated heterocycles. The fourth-order valence-corrected chi connectivity index (χ4v) is 4.94. The average molecular weight is 432 g/mol. The van der Waals surface area contributed by atoms with Crippen molar-refractivity contribution in [2.45, 2.75) is 43.5 Å². The molecule has 1 saturated carbocycles. The number of esters is 1. The first-order valence-corrected chi connectivity index (χ1v) is 11.7. The van der Waals surface area contributed by atoms with Gasteiger partial charge < -0.3 is 4.74 Å². The number of hydrogen-bond donors (Lipinski definition) is 0. The van der Waals surface area contributed by atoms with Crippen LogP contribution in [0.3, 0.4) is 0 Å². The molecule has 158 valence electrons. The number of thioether (sulfide) groups is 1. The molecule has 2 aromatic carbocycles. The first-order chi connectivity index (χ1) is 15.2. The molecule has 1 atom stereocenters. The van der Waals surface area contributed by atoms with Gasteiger partial charge in [-0.25, -0.2) is 9.97 Å². The van der Waals surface area contributed by atoms with Gasteiger partial charge in [-0.3, -0.25) is 9.36 Å². The molecule has 1 fully saturated rings. The van der Waals surface area contributed by atoms with Crippen molar-refractivity contribution in [3.63, 3.8) is 0 Å². The molecule has 2 heterocycles. The number of rotatable bonds is 7. The maximum atomic E-state index is 12.3. The predicted octanol–water partition coefficient (Wildman–Crippen LogP) is 5.57. The molecule has 6 heteroatoms. The van der Waals surface area contributed by atoms with Crippen molar-refractivity contribution >= 4 is 39.7 Å². The van der Waals surface area contributed by atoms with E-state index in [4.69, 9.17) is 9.72 Å². The molecule has 0 bridgehead atoms. The minimum absolute atomic E-state index is 0.233. The largest absolute Gasteiger partial charge is 0.465 e. The van der Waals surface area contributed by atoms with Gasteiger partial charge >= 0.3 is 5.97 Å². The van der Waals surface area contributed by atoms with Gasteiger partial charge in [-0.1, -0.05) is 42.1 Å². The monoisotopic (exact) mass is 431 g/mol. The zero-order valence-electron chi connectivity index (χ0n) is 17.7. The maximum Gasteiger partial charge on any atom is 0.319 e. The summed E-state index contributed by atoms with van der Waals surface area (Å²) in [5.41, 5.74) is 4.04. The number of nitrogens with zero attached hydrogens (tertiary/aromatic N) is 3. The Bertz CT molecular complexity index is 1260. The quantitative estimate of drug-likeness (QED) is 0.283. The smallest absolute Gasteiger partial charge is 0.319 e. The van der Waals surface area contributed by atoms with Crippen LogP contribution < -0.4 is 0 Å². The molecule has 31 heavy (non-hydrogen) atoms. The van der Waals surface area contributed by atoms with Crippen LogP contribution >= 0.6 is 11.8 Å². The van der Waals surface area contributed by atoms with Crippen molar-refractivity contribution in [2.24, 2.45) is 5.92 Å². The summed E-state index contributed by atoms with van der Waals surface area (Å²) in [6.07, 6.45) is 5.58. The fraction of sp³-hybridized carbons (Fsp3) is 0.320. The number of imidazole rings is 1. The van der Waals surface area contributed by atoms with Crippen LogP contribution in [0.2, 0.25) is 0 Å². The molecule has 0 N–H and O–H groups in total. The van der Waals surface area contributed by atoms with E-state index in [1.54, 1.807) is 6.20 Å². The van der Waals surface area contributed by atoms with Gasteiger partial charge in [-0.2, -0.15) is 0 Å². The molecule has 0 radical (unpaired) electrons. The maximum absolute atomic E-state index is 12.3. The zero-order chi connectivity index (χ0) is 21.4. The van der Waals surface area contributed by atoms with E-state index in [9.17, 15) is 4.79 Å². The summed E-state index contributed by atoms with van der Waals surface area (Å²) in [5, 5.41) is 2.83. The second-order valence-corrected chi connectivity index (χ2v) is 9.33. The summed E-state index contributed by atoms with van der Waals surface area (Å²) in [7, 11) is 0. The molecule has 4 aromatic rings. The fourth-order valence-electron chi connectivity index (χ4n) is 4.02. The van der Waals surface area contributed by atoms with Crippen molar-refractivity contribution in [1.29, 1.82) is 0 Å². The first-order valence-electron chi connectivity index (χ1n) is 10.8.